The highest BCUT2D eigenvalue weighted by atomic mass is 32.2. The second-order valence-electron chi connectivity index (χ2n) is 8.42. The zero-order valence-electron chi connectivity index (χ0n) is 17.7. The molecule has 11 heteroatoms. The van der Waals surface area contributed by atoms with Gasteiger partial charge in [-0.2, -0.15) is 5.10 Å². The molecular formula is C19H29N7O3S. The van der Waals surface area contributed by atoms with Crippen molar-refractivity contribution in [1.29, 1.82) is 0 Å². The maximum Gasteiger partial charge on any atom is 0.244 e. The van der Waals surface area contributed by atoms with Gasteiger partial charge in [-0.15, -0.1) is 10.2 Å². The van der Waals surface area contributed by atoms with E-state index in [0.29, 0.717) is 32.7 Å². The highest BCUT2D eigenvalue weighted by Gasteiger charge is 2.34. The molecule has 0 aromatic carbocycles. The van der Waals surface area contributed by atoms with Crippen LogP contribution in [0.4, 0.5) is 0 Å². The van der Waals surface area contributed by atoms with E-state index in [1.807, 2.05) is 13.1 Å². The number of fused-ring (bicyclic) bond motifs is 1. The second-order valence-corrected chi connectivity index (χ2v) is 10.9. The predicted octanol–water partition coefficient (Wildman–Crippen LogP) is 0.743. The molecule has 30 heavy (non-hydrogen) atoms. The first-order chi connectivity index (χ1) is 14.3. The van der Waals surface area contributed by atoms with E-state index in [1.54, 1.807) is 33.9 Å². The summed E-state index contributed by atoms with van der Waals surface area (Å²) in [5.41, 5.74) is 1.03. The Morgan fingerprint density at radius 2 is 1.90 bits per heavy atom. The highest BCUT2D eigenvalue weighted by Crippen LogP contribution is 2.30. The van der Waals surface area contributed by atoms with Crippen molar-refractivity contribution in [3.8, 4) is 0 Å². The quantitative estimate of drug-likeness (QED) is 0.686. The Balaban J connectivity index is 1.39. The normalized spacial score (nSPS) is 18.7. The van der Waals surface area contributed by atoms with E-state index in [0.717, 1.165) is 30.1 Å². The van der Waals surface area contributed by atoms with Gasteiger partial charge in [-0.1, -0.05) is 0 Å². The number of aryl methyl sites for hydroxylation is 1. The number of sulfonamides is 1. The number of nitrogens with zero attached hydrogens (tertiary/aromatic N) is 7. The van der Waals surface area contributed by atoms with E-state index < -0.39 is 15.3 Å². The maximum atomic E-state index is 12.6. The molecule has 0 aliphatic carbocycles. The summed E-state index contributed by atoms with van der Waals surface area (Å²) in [5.74, 6) is 1.92. The van der Waals surface area contributed by atoms with Crippen molar-refractivity contribution in [2.24, 2.45) is 0 Å². The second kappa shape index (κ2) is 8.10. The molecule has 0 N–H and O–H groups in total. The van der Waals surface area contributed by atoms with Crippen LogP contribution in [0.5, 0.6) is 0 Å². The maximum absolute atomic E-state index is 12.6. The number of carbonyl (C=O) groups is 1. The lowest BCUT2D eigenvalue weighted by atomic mass is 9.97. The largest absolute Gasteiger partial charge is 0.332 e. The van der Waals surface area contributed by atoms with Gasteiger partial charge < -0.3 is 9.47 Å². The van der Waals surface area contributed by atoms with Gasteiger partial charge in [-0.05, 0) is 39.2 Å². The van der Waals surface area contributed by atoms with Crippen molar-refractivity contribution in [2.75, 3.05) is 19.6 Å². The Morgan fingerprint density at radius 1 is 1.17 bits per heavy atom. The minimum Gasteiger partial charge on any atom is -0.332 e. The molecule has 164 valence electrons. The molecule has 2 aliphatic rings. The van der Waals surface area contributed by atoms with Crippen LogP contribution in [0.25, 0.3) is 0 Å². The summed E-state index contributed by atoms with van der Waals surface area (Å²) in [6, 6.07) is 0. The van der Waals surface area contributed by atoms with Gasteiger partial charge in [0, 0.05) is 38.3 Å². The average molecular weight is 436 g/mol. The van der Waals surface area contributed by atoms with Crippen molar-refractivity contribution in [1.82, 2.24) is 33.8 Å². The number of carbonyl (C=O) groups excluding carboxylic acids is 1. The van der Waals surface area contributed by atoms with Crippen LogP contribution < -0.4 is 0 Å². The molecule has 2 aromatic rings. The summed E-state index contributed by atoms with van der Waals surface area (Å²) in [7, 11) is -3.21. The minimum atomic E-state index is -3.21. The summed E-state index contributed by atoms with van der Waals surface area (Å²) in [6.07, 6.45) is 5.08. The van der Waals surface area contributed by atoms with Crippen molar-refractivity contribution in [3.63, 3.8) is 0 Å². The average Bonchev–Trinajstić information content (AvgIpc) is 3.33. The van der Waals surface area contributed by atoms with Gasteiger partial charge in [-0.25, -0.2) is 12.7 Å². The Morgan fingerprint density at radius 3 is 2.53 bits per heavy atom. The molecule has 1 fully saturated rings. The molecule has 2 aliphatic heterocycles. The van der Waals surface area contributed by atoms with E-state index >= 15 is 0 Å². The third-order valence-corrected chi connectivity index (χ3v) is 8.25. The third-order valence-electron chi connectivity index (χ3n) is 5.97. The van der Waals surface area contributed by atoms with Gasteiger partial charge in [0.15, 0.2) is 5.82 Å². The van der Waals surface area contributed by atoms with E-state index in [-0.39, 0.29) is 18.4 Å². The molecule has 0 spiro atoms. The van der Waals surface area contributed by atoms with Crippen LogP contribution in [0.3, 0.4) is 0 Å². The molecule has 1 saturated heterocycles. The molecule has 0 unspecified atom stereocenters. The summed E-state index contributed by atoms with van der Waals surface area (Å²) >= 11 is 0. The van der Waals surface area contributed by atoms with Crippen LogP contribution in [0.15, 0.2) is 12.4 Å². The summed E-state index contributed by atoms with van der Waals surface area (Å²) in [4.78, 5) is 14.4. The van der Waals surface area contributed by atoms with Crippen LogP contribution >= 0.6 is 0 Å². The molecule has 4 rings (SSSR count). The first kappa shape index (κ1) is 21.0. The molecule has 0 bridgehead atoms. The van der Waals surface area contributed by atoms with E-state index in [4.69, 9.17) is 0 Å². The highest BCUT2D eigenvalue weighted by molar-refractivity contribution is 7.89. The Labute approximate surface area is 176 Å². The van der Waals surface area contributed by atoms with Crippen molar-refractivity contribution >= 4 is 15.9 Å². The number of hydrogen-bond donors (Lipinski definition) is 0. The first-order valence-electron chi connectivity index (χ1n) is 10.4. The predicted molar refractivity (Wildman–Crippen MR) is 110 cm³/mol. The fourth-order valence-electron chi connectivity index (χ4n) is 4.15. The molecule has 0 saturated carbocycles. The summed E-state index contributed by atoms with van der Waals surface area (Å²) < 4.78 is 30.1. The SMILES string of the molecule is Cc1cnn(CC(=O)N2CCn3c(nnc3C3CCN(S(=O)(=O)C(C)C)CC3)C2)c1. The molecule has 4 heterocycles. The monoisotopic (exact) mass is 435 g/mol. The molecule has 0 radical (unpaired) electrons. The van der Waals surface area contributed by atoms with Gasteiger partial charge in [0.05, 0.1) is 18.0 Å². The van der Waals surface area contributed by atoms with Crippen LogP contribution in [0, 0.1) is 6.92 Å². The smallest absolute Gasteiger partial charge is 0.244 e. The number of rotatable bonds is 5. The fourth-order valence-corrected chi connectivity index (χ4v) is 5.47. The number of hydrogen-bond acceptors (Lipinski definition) is 6. The molecule has 1 amide bonds. The van der Waals surface area contributed by atoms with E-state index in [1.165, 1.54) is 0 Å². The van der Waals surface area contributed by atoms with Crippen molar-refractivity contribution in [2.45, 2.75) is 64.4 Å². The molecule has 0 atom stereocenters. The zero-order chi connectivity index (χ0) is 21.5. The topological polar surface area (TPSA) is 106 Å². The van der Waals surface area contributed by atoms with Gasteiger partial charge in [0.2, 0.25) is 15.9 Å². The Kier molecular flexibility index (Phi) is 5.67. The standard InChI is InChI=1S/C19H29N7O3S/c1-14(2)30(28,29)25-6-4-16(5-7-25)19-22-21-17-12-23(8-9-26(17)19)18(27)13-24-11-15(3)10-20-24/h10-11,14,16H,4-9,12-13H2,1-3H3. The van der Waals surface area contributed by atoms with Crippen molar-refractivity contribution in [3.05, 3.63) is 29.6 Å². The van der Waals surface area contributed by atoms with Crippen LogP contribution in [0.1, 0.15) is 49.8 Å². The summed E-state index contributed by atoms with van der Waals surface area (Å²) in [6.45, 7) is 8.34. The van der Waals surface area contributed by atoms with Crippen LogP contribution in [-0.2, 0) is 34.5 Å². The zero-order valence-corrected chi connectivity index (χ0v) is 18.5. The van der Waals surface area contributed by atoms with Crippen LogP contribution in [0.2, 0.25) is 0 Å². The van der Waals surface area contributed by atoms with Gasteiger partial charge >= 0.3 is 0 Å². The first-order valence-corrected chi connectivity index (χ1v) is 11.9. The molecule has 2 aromatic heterocycles. The minimum absolute atomic E-state index is 0.0149. The lowest BCUT2D eigenvalue weighted by molar-refractivity contribution is -0.133. The lowest BCUT2D eigenvalue weighted by Gasteiger charge is -2.33. The third kappa shape index (κ3) is 4.00. The van der Waals surface area contributed by atoms with Gasteiger partial charge in [0.25, 0.3) is 0 Å². The fraction of sp³-hybridized carbons (Fsp3) is 0.684. The van der Waals surface area contributed by atoms with Crippen LogP contribution in [-0.4, -0.2) is 73.0 Å². The van der Waals surface area contributed by atoms with Gasteiger partial charge in [0.1, 0.15) is 12.4 Å². The Hall–Kier alpha value is -2.27. The number of aromatic nitrogens is 5. The number of amides is 1. The lowest BCUT2D eigenvalue weighted by Crippen LogP contribution is -2.42. The Bertz CT molecular complexity index is 1020. The summed E-state index contributed by atoms with van der Waals surface area (Å²) in [5, 5.41) is 12.5. The van der Waals surface area contributed by atoms with Crippen molar-refractivity contribution < 1.29 is 13.2 Å². The van der Waals surface area contributed by atoms with Gasteiger partial charge in [-0.3, -0.25) is 9.48 Å². The molecule has 10 nitrogen and oxygen atoms in total. The number of piperidine rings is 1. The molecular weight excluding hydrogens is 406 g/mol. The van der Waals surface area contributed by atoms with E-state index in [2.05, 4.69) is 19.9 Å². The van der Waals surface area contributed by atoms with E-state index in [9.17, 15) is 13.2 Å².